The molecule has 0 saturated carbocycles. The van der Waals surface area contributed by atoms with Gasteiger partial charge in [-0.2, -0.15) is 0 Å². The van der Waals surface area contributed by atoms with E-state index >= 15 is 0 Å². The first kappa shape index (κ1) is 19.1. The molecule has 140 valence electrons. The zero-order valence-electron chi connectivity index (χ0n) is 15.0. The number of halogens is 1. The Morgan fingerprint density at radius 1 is 1.23 bits per heavy atom. The summed E-state index contributed by atoms with van der Waals surface area (Å²) < 4.78 is 0.812. The molecule has 26 heavy (non-hydrogen) atoms. The molecule has 1 saturated heterocycles. The van der Waals surface area contributed by atoms with Gasteiger partial charge in [0.05, 0.1) is 4.34 Å². The number of hydrogen-bond donors (Lipinski definition) is 0. The molecule has 2 aromatic heterocycles. The fraction of sp³-hybridized carbons (Fsp3) is 0.500. The normalized spacial score (nSPS) is 14.9. The van der Waals surface area contributed by atoms with Crippen molar-refractivity contribution in [2.75, 3.05) is 44.2 Å². The van der Waals surface area contributed by atoms with E-state index in [1.165, 1.54) is 4.88 Å². The molecule has 0 bridgehead atoms. The second kappa shape index (κ2) is 9.30. The van der Waals surface area contributed by atoms with E-state index in [-0.39, 0.29) is 5.91 Å². The highest BCUT2D eigenvalue weighted by atomic mass is 35.5. The standard InChI is InChI=1S/C18H24ClN5OS/c1-2-22(14-15-4-5-16(19)26-15)9-6-17(25)23-10-12-24(13-11-23)18-20-7-3-8-21-18/h3-5,7-8H,2,6,9-14H2,1H3. The third-order valence-electron chi connectivity index (χ3n) is 4.56. The maximum absolute atomic E-state index is 12.5. The largest absolute Gasteiger partial charge is 0.339 e. The number of anilines is 1. The van der Waals surface area contributed by atoms with Gasteiger partial charge in [-0.1, -0.05) is 18.5 Å². The van der Waals surface area contributed by atoms with Crippen LogP contribution >= 0.6 is 22.9 Å². The molecule has 0 spiro atoms. The van der Waals surface area contributed by atoms with Crippen molar-refractivity contribution in [2.45, 2.75) is 19.9 Å². The van der Waals surface area contributed by atoms with Crippen molar-refractivity contribution in [3.05, 3.63) is 39.8 Å². The maximum Gasteiger partial charge on any atom is 0.225 e. The SMILES string of the molecule is CCN(CCC(=O)N1CCN(c2ncccn2)CC1)Cc1ccc(Cl)s1. The number of thiophene rings is 1. The average Bonchev–Trinajstić information content (AvgIpc) is 3.10. The van der Waals surface area contributed by atoms with Crippen LogP contribution in [0.25, 0.3) is 0 Å². The van der Waals surface area contributed by atoms with Crippen LogP contribution in [0.1, 0.15) is 18.2 Å². The lowest BCUT2D eigenvalue weighted by atomic mass is 10.2. The minimum absolute atomic E-state index is 0.223. The molecule has 3 rings (SSSR count). The van der Waals surface area contributed by atoms with E-state index in [2.05, 4.69) is 32.8 Å². The van der Waals surface area contributed by atoms with Gasteiger partial charge in [-0.15, -0.1) is 11.3 Å². The first-order chi connectivity index (χ1) is 12.7. The molecule has 0 unspecified atom stereocenters. The molecule has 0 aliphatic carbocycles. The van der Waals surface area contributed by atoms with Gasteiger partial charge in [0, 0.05) is 63.0 Å². The molecule has 0 aromatic carbocycles. The van der Waals surface area contributed by atoms with Gasteiger partial charge >= 0.3 is 0 Å². The Bertz CT molecular complexity index is 703. The molecule has 3 heterocycles. The summed E-state index contributed by atoms with van der Waals surface area (Å²) in [5.41, 5.74) is 0. The first-order valence-corrected chi connectivity index (χ1v) is 10.1. The lowest BCUT2D eigenvalue weighted by Gasteiger charge is -2.35. The van der Waals surface area contributed by atoms with Crippen molar-refractivity contribution < 1.29 is 4.79 Å². The number of hydrogen-bond acceptors (Lipinski definition) is 6. The van der Waals surface area contributed by atoms with Crippen LogP contribution in [0.3, 0.4) is 0 Å². The van der Waals surface area contributed by atoms with Crippen LogP contribution in [0, 0.1) is 0 Å². The van der Waals surface area contributed by atoms with Crippen LogP contribution in [-0.2, 0) is 11.3 Å². The summed E-state index contributed by atoms with van der Waals surface area (Å²) in [5.74, 6) is 0.965. The van der Waals surface area contributed by atoms with Gasteiger partial charge in [-0.3, -0.25) is 9.69 Å². The van der Waals surface area contributed by atoms with Gasteiger partial charge in [0.2, 0.25) is 11.9 Å². The first-order valence-electron chi connectivity index (χ1n) is 8.92. The summed E-state index contributed by atoms with van der Waals surface area (Å²) in [6.07, 6.45) is 4.05. The molecule has 0 N–H and O–H groups in total. The summed E-state index contributed by atoms with van der Waals surface area (Å²) >= 11 is 7.60. The van der Waals surface area contributed by atoms with Crippen LogP contribution in [0.15, 0.2) is 30.6 Å². The molecule has 1 aliphatic heterocycles. The van der Waals surface area contributed by atoms with E-state index in [0.717, 1.165) is 56.1 Å². The number of piperazine rings is 1. The van der Waals surface area contributed by atoms with Crippen LogP contribution in [0.2, 0.25) is 4.34 Å². The number of carbonyl (C=O) groups is 1. The molecule has 0 atom stereocenters. The van der Waals surface area contributed by atoms with E-state index in [1.54, 1.807) is 23.7 Å². The number of nitrogens with zero attached hydrogens (tertiary/aromatic N) is 5. The lowest BCUT2D eigenvalue weighted by Crippen LogP contribution is -2.49. The quantitative estimate of drug-likeness (QED) is 0.724. The van der Waals surface area contributed by atoms with Gasteiger partial charge in [-0.25, -0.2) is 9.97 Å². The van der Waals surface area contributed by atoms with Crippen LogP contribution in [0.4, 0.5) is 5.95 Å². The Labute approximate surface area is 163 Å². The van der Waals surface area contributed by atoms with Crippen molar-refractivity contribution in [3.63, 3.8) is 0 Å². The zero-order valence-corrected chi connectivity index (χ0v) is 16.5. The topological polar surface area (TPSA) is 52.6 Å². The van der Waals surface area contributed by atoms with E-state index in [0.29, 0.717) is 6.42 Å². The monoisotopic (exact) mass is 393 g/mol. The molecule has 1 aliphatic rings. The summed E-state index contributed by atoms with van der Waals surface area (Å²) in [6.45, 7) is 7.67. The second-order valence-corrected chi connectivity index (χ2v) is 8.04. The Hall–Kier alpha value is -1.70. The van der Waals surface area contributed by atoms with Gasteiger partial charge < -0.3 is 9.80 Å². The van der Waals surface area contributed by atoms with Crippen LogP contribution < -0.4 is 4.90 Å². The van der Waals surface area contributed by atoms with E-state index in [1.807, 2.05) is 17.0 Å². The number of amides is 1. The minimum Gasteiger partial charge on any atom is -0.339 e. The predicted octanol–water partition coefficient (Wildman–Crippen LogP) is 2.75. The van der Waals surface area contributed by atoms with Crippen LogP contribution in [-0.4, -0.2) is 64.9 Å². The summed E-state index contributed by atoms with van der Waals surface area (Å²) in [5, 5.41) is 0. The van der Waals surface area contributed by atoms with Crippen molar-refractivity contribution in [1.82, 2.24) is 19.8 Å². The van der Waals surface area contributed by atoms with Crippen molar-refractivity contribution in [1.29, 1.82) is 0 Å². The third kappa shape index (κ3) is 5.16. The molecule has 6 nitrogen and oxygen atoms in total. The summed E-state index contributed by atoms with van der Waals surface area (Å²) in [4.78, 5) is 28.7. The third-order valence-corrected chi connectivity index (χ3v) is 5.78. The molecule has 0 radical (unpaired) electrons. The molecule has 8 heteroatoms. The zero-order chi connectivity index (χ0) is 18.4. The van der Waals surface area contributed by atoms with Crippen molar-refractivity contribution in [2.24, 2.45) is 0 Å². The molecule has 2 aromatic rings. The van der Waals surface area contributed by atoms with Crippen LogP contribution in [0.5, 0.6) is 0 Å². The van der Waals surface area contributed by atoms with E-state index in [4.69, 9.17) is 11.6 Å². The summed E-state index contributed by atoms with van der Waals surface area (Å²) in [6, 6.07) is 5.80. The molecular weight excluding hydrogens is 370 g/mol. The highest BCUT2D eigenvalue weighted by Gasteiger charge is 2.22. The lowest BCUT2D eigenvalue weighted by molar-refractivity contribution is -0.131. The second-order valence-electron chi connectivity index (χ2n) is 6.24. The highest BCUT2D eigenvalue weighted by molar-refractivity contribution is 7.16. The number of carbonyl (C=O) groups excluding carboxylic acids is 1. The Balaban J connectivity index is 1.43. The number of rotatable bonds is 7. The average molecular weight is 394 g/mol. The van der Waals surface area contributed by atoms with E-state index < -0.39 is 0 Å². The molecule has 1 fully saturated rings. The number of aromatic nitrogens is 2. The molecular formula is C18H24ClN5OS. The van der Waals surface area contributed by atoms with E-state index in [9.17, 15) is 4.79 Å². The van der Waals surface area contributed by atoms with Gasteiger partial charge in [0.15, 0.2) is 0 Å². The minimum atomic E-state index is 0.223. The Morgan fingerprint density at radius 2 is 1.96 bits per heavy atom. The fourth-order valence-electron chi connectivity index (χ4n) is 3.03. The van der Waals surface area contributed by atoms with Crippen molar-refractivity contribution in [3.8, 4) is 0 Å². The highest BCUT2D eigenvalue weighted by Crippen LogP contribution is 2.22. The predicted molar refractivity (Wildman–Crippen MR) is 106 cm³/mol. The summed E-state index contributed by atoms with van der Waals surface area (Å²) in [7, 11) is 0. The Kier molecular flexibility index (Phi) is 6.82. The van der Waals surface area contributed by atoms with Gasteiger partial charge in [-0.05, 0) is 24.7 Å². The molecule has 1 amide bonds. The smallest absolute Gasteiger partial charge is 0.225 e. The van der Waals surface area contributed by atoms with Gasteiger partial charge in [0.1, 0.15) is 0 Å². The Morgan fingerprint density at radius 3 is 2.58 bits per heavy atom. The van der Waals surface area contributed by atoms with Crippen molar-refractivity contribution >= 4 is 34.8 Å². The maximum atomic E-state index is 12.5. The van der Waals surface area contributed by atoms with Gasteiger partial charge in [0.25, 0.3) is 0 Å². The fourth-order valence-corrected chi connectivity index (χ4v) is 4.16.